The molecule has 0 fully saturated rings. The zero-order chi connectivity index (χ0) is 24.6. The van der Waals surface area contributed by atoms with Gasteiger partial charge in [0.15, 0.2) is 0 Å². The second-order valence-corrected chi connectivity index (χ2v) is 8.57. The van der Waals surface area contributed by atoms with Gasteiger partial charge in [0.25, 0.3) is 0 Å². The van der Waals surface area contributed by atoms with Crippen LogP contribution in [0.4, 0.5) is 5.69 Å². The smallest absolute Gasteiger partial charge is 0.323 e. The number of phenols is 2. The molecule has 6 heteroatoms. The summed E-state index contributed by atoms with van der Waals surface area (Å²) in [6.45, 7) is 0. The number of aromatic nitrogens is 2. The molecule has 6 aromatic rings. The van der Waals surface area contributed by atoms with Crippen molar-refractivity contribution < 1.29 is 10.2 Å². The van der Waals surface area contributed by atoms with Gasteiger partial charge >= 0.3 is 5.69 Å². The molecule has 1 heterocycles. The lowest BCUT2D eigenvalue weighted by Crippen LogP contribution is -1.99. The number of hydrogen-bond donors (Lipinski definition) is 4. The molecule has 174 valence electrons. The van der Waals surface area contributed by atoms with E-state index in [1.807, 2.05) is 78.9 Å². The summed E-state index contributed by atoms with van der Waals surface area (Å²) >= 11 is 0. The van der Waals surface area contributed by atoms with Crippen molar-refractivity contribution in [3.63, 3.8) is 0 Å². The van der Waals surface area contributed by atoms with Gasteiger partial charge in [-0.2, -0.15) is 0 Å². The predicted molar refractivity (Wildman–Crippen MR) is 146 cm³/mol. The molecule has 0 aliphatic carbocycles. The van der Waals surface area contributed by atoms with Crippen molar-refractivity contribution in [1.82, 2.24) is 9.97 Å². The van der Waals surface area contributed by atoms with Gasteiger partial charge in [0, 0.05) is 22.9 Å². The Balaban J connectivity index is 1.50. The Bertz CT molecular complexity index is 1760. The van der Waals surface area contributed by atoms with Crippen LogP contribution in [0.15, 0.2) is 94.7 Å². The average Bonchev–Trinajstić information content (AvgIpc) is 3.26. The SMILES string of the molecule is O=c1[nH]c2cc(/C=C/c3c(O)ccc4ccccc34)c(/N=C/c3c(O)ccc4ccccc34)cc2[nH]1. The molecule has 0 bridgehead atoms. The van der Waals surface area contributed by atoms with Crippen LogP contribution in [0, 0.1) is 0 Å². The van der Waals surface area contributed by atoms with Crippen LogP contribution in [0.5, 0.6) is 11.5 Å². The predicted octanol–water partition coefficient (Wildman–Crippen LogP) is 6.49. The van der Waals surface area contributed by atoms with Crippen molar-refractivity contribution in [1.29, 1.82) is 0 Å². The van der Waals surface area contributed by atoms with Crippen molar-refractivity contribution in [2.24, 2.45) is 4.99 Å². The standard InChI is InChI=1S/C30H21N3O3/c34-28-13-10-18-5-1-3-7-21(18)23(28)12-9-20-15-26-27(33-30(36)32-26)16-25(20)31-17-24-22-8-4-2-6-19(22)11-14-29(24)35/h1-17,34-35H,(H2,32,33,36)/b12-9+,31-17+. The average molecular weight is 472 g/mol. The molecule has 5 aromatic carbocycles. The number of aromatic hydroxyl groups is 2. The third kappa shape index (κ3) is 3.80. The van der Waals surface area contributed by atoms with Gasteiger partial charge in [-0.05, 0) is 51.9 Å². The first-order valence-corrected chi connectivity index (χ1v) is 11.5. The van der Waals surface area contributed by atoms with E-state index in [0.29, 0.717) is 27.8 Å². The molecule has 0 aliphatic heterocycles. The highest BCUT2D eigenvalue weighted by Gasteiger charge is 2.09. The summed E-state index contributed by atoms with van der Waals surface area (Å²) in [4.78, 5) is 22.2. The molecule has 36 heavy (non-hydrogen) atoms. The van der Waals surface area contributed by atoms with Crippen LogP contribution in [0.25, 0.3) is 44.7 Å². The summed E-state index contributed by atoms with van der Waals surface area (Å²) in [6.07, 6.45) is 5.34. The van der Waals surface area contributed by atoms with Gasteiger partial charge in [0.2, 0.25) is 0 Å². The van der Waals surface area contributed by atoms with E-state index in [9.17, 15) is 15.0 Å². The fraction of sp³-hybridized carbons (Fsp3) is 0. The molecule has 6 rings (SSSR count). The fourth-order valence-corrected chi connectivity index (χ4v) is 4.52. The number of imidazole rings is 1. The zero-order valence-electron chi connectivity index (χ0n) is 19.1. The number of aromatic amines is 2. The monoisotopic (exact) mass is 471 g/mol. The van der Waals surface area contributed by atoms with Gasteiger partial charge in [-0.3, -0.25) is 4.99 Å². The van der Waals surface area contributed by atoms with E-state index in [-0.39, 0.29) is 17.2 Å². The highest BCUT2D eigenvalue weighted by atomic mass is 16.3. The fourth-order valence-electron chi connectivity index (χ4n) is 4.52. The molecule has 6 nitrogen and oxygen atoms in total. The van der Waals surface area contributed by atoms with Crippen LogP contribution in [0.1, 0.15) is 16.7 Å². The number of rotatable bonds is 4. The molecular formula is C30H21N3O3. The van der Waals surface area contributed by atoms with E-state index in [0.717, 1.165) is 27.1 Å². The van der Waals surface area contributed by atoms with Crippen molar-refractivity contribution in [2.75, 3.05) is 0 Å². The molecule has 0 unspecified atom stereocenters. The minimum atomic E-state index is -0.306. The molecule has 0 saturated heterocycles. The van der Waals surface area contributed by atoms with E-state index in [1.54, 1.807) is 24.4 Å². The lowest BCUT2D eigenvalue weighted by atomic mass is 10.0. The van der Waals surface area contributed by atoms with E-state index in [2.05, 4.69) is 9.97 Å². The first kappa shape index (κ1) is 21.4. The number of H-pyrrole nitrogens is 2. The van der Waals surface area contributed by atoms with Gasteiger partial charge in [0.05, 0.1) is 16.7 Å². The highest BCUT2D eigenvalue weighted by Crippen LogP contribution is 2.32. The summed E-state index contributed by atoms with van der Waals surface area (Å²) in [5.74, 6) is 0.304. The summed E-state index contributed by atoms with van der Waals surface area (Å²) in [5, 5.41) is 24.9. The van der Waals surface area contributed by atoms with Crippen LogP contribution in [0.2, 0.25) is 0 Å². The van der Waals surface area contributed by atoms with Crippen LogP contribution in [-0.2, 0) is 0 Å². The molecule has 0 spiro atoms. The number of nitrogens with zero attached hydrogens (tertiary/aromatic N) is 1. The number of fused-ring (bicyclic) bond motifs is 3. The van der Waals surface area contributed by atoms with Crippen molar-refractivity contribution in [3.05, 3.63) is 112 Å². The van der Waals surface area contributed by atoms with Crippen LogP contribution in [0.3, 0.4) is 0 Å². The van der Waals surface area contributed by atoms with Crippen LogP contribution < -0.4 is 5.69 Å². The molecule has 4 N–H and O–H groups in total. The normalized spacial score (nSPS) is 12.0. The molecular weight excluding hydrogens is 450 g/mol. The number of nitrogens with one attached hydrogen (secondary N) is 2. The minimum Gasteiger partial charge on any atom is -0.507 e. The second-order valence-electron chi connectivity index (χ2n) is 8.57. The maximum atomic E-state index is 11.9. The number of aliphatic imine (C=N–C) groups is 1. The second kappa shape index (κ2) is 8.60. The summed E-state index contributed by atoms with van der Waals surface area (Å²) < 4.78 is 0. The Morgan fingerprint density at radius 2 is 1.25 bits per heavy atom. The minimum absolute atomic E-state index is 0.131. The van der Waals surface area contributed by atoms with E-state index in [4.69, 9.17) is 4.99 Å². The topological polar surface area (TPSA) is 101 Å². The number of hydrogen-bond acceptors (Lipinski definition) is 4. The highest BCUT2D eigenvalue weighted by molar-refractivity contribution is 6.04. The first-order chi connectivity index (χ1) is 17.6. The van der Waals surface area contributed by atoms with E-state index < -0.39 is 0 Å². The first-order valence-electron chi connectivity index (χ1n) is 11.5. The number of phenolic OH excluding ortho intramolecular Hbond substituents is 2. The number of benzene rings is 5. The molecule has 0 aliphatic rings. The molecule has 0 amide bonds. The van der Waals surface area contributed by atoms with Crippen LogP contribution in [-0.4, -0.2) is 26.4 Å². The Labute approximate surface area is 205 Å². The van der Waals surface area contributed by atoms with Crippen molar-refractivity contribution in [2.45, 2.75) is 0 Å². The van der Waals surface area contributed by atoms with Gasteiger partial charge in [0.1, 0.15) is 11.5 Å². The van der Waals surface area contributed by atoms with Gasteiger partial charge < -0.3 is 20.2 Å². The Kier molecular flexibility index (Phi) is 5.12. The maximum Gasteiger partial charge on any atom is 0.323 e. The van der Waals surface area contributed by atoms with Crippen LogP contribution >= 0.6 is 0 Å². The summed E-state index contributed by atoms with van der Waals surface area (Å²) in [7, 11) is 0. The molecule has 0 radical (unpaired) electrons. The molecule has 0 saturated carbocycles. The Hall–Kier alpha value is -5.10. The lowest BCUT2D eigenvalue weighted by Gasteiger charge is -2.07. The van der Waals surface area contributed by atoms with Crippen molar-refractivity contribution >= 4 is 56.6 Å². The lowest BCUT2D eigenvalue weighted by molar-refractivity contribution is 0.474. The van der Waals surface area contributed by atoms with Gasteiger partial charge in [-0.15, -0.1) is 0 Å². The quantitative estimate of drug-likeness (QED) is 0.174. The third-order valence-corrected chi connectivity index (χ3v) is 6.32. The van der Waals surface area contributed by atoms with E-state index in [1.165, 1.54) is 0 Å². The van der Waals surface area contributed by atoms with Gasteiger partial charge in [-0.25, -0.2) is 4.79 Å². The molecule has 1 aromatic heterocycles. The Morgan fingerprint density at radius 3 is 1.94 bits per heavy atom. The van der Waals surface area contributed by atoms with Gasteiger partial charge in [-0.1, -0.05) is 66.7 Å². The largest absolute Gasteiger partial charge is 0.507 e. The van der Waals surface area contributed by atoms with Crippen molar-refractivity contribution in [3.8, 4) is 11.5 Å². The zero-order valence-corrected chi connectivity index (χ0v) is 19.1. The van der Waals surface area contributed by atoms with E-state index >= 15 is 0 Å². The summed E-state index contributed by atoms with van der Waals surface area (Å²) in [5.41, 5.74) is 3.60. The third-order valence-electron chi connectivity index (χ3n) is 6.32. The molecule has 0 atom stereocenters. The summed E-state index contributed by atoms with van der Waals surface area (Å²) in [6, 6.07) is 26.3. The maximum absolute atomic E-state index is 11.9. The Morgan fingerprint density at radius 1 is 0.667 bits per heavy atom.